The summed E-state index contributed by atoms with van der Waals surface area (Å²) in [5.41, 5.74) is 0. The highest BCUT2D eigenvalue weighted by atomic mass is 16.3. The zero-order chi connectivity index (χ0) is 36.4. The molecule has 0 radical (unpaired) electrons. The molecule has 0 aliphatic carbocycles. The molecule has 0 aromatic heterocycles. The van der Waals surface area contributed by atoms with E-state index in [4.69, 9.17) is 0 Å². The number of hydrogen-bond acceptors (Lipinski definition) is 3. The van der Waals surface area contributed by atoms with Crippen LogP contribution in [0.5, 0.6) is 0 Å². The van der Waals surface area contributed by atoms with E-state index < -0.39 is 12.1 Å². The van der Waals surface area contributed by atoms with E-state index in [-0.39, 0.29) is 12.5 Å². The number of amides is 1. The molecule has 0 saturated carbocycles. The molecule has 2 unspecified atom stereocenters. The Morgan fingerprint density at radius 1 is 0.500 bits per heavy atom. The molecule has 0 fully saturated rings. The smallest absolute Gasteiger partial charge is 0.220 e. The highest BCUT2D eigenvalue weighted by molar-refractivity contribution is 5.76. The van der Waals surface area contributed by atoms with Gasteiger partial charge < -0.3 is 15.5 Å². The molecule has 1 amide bonds. The number of nitrogens with one attached hydrogen (secondary N) is 1. The van der Waals surface area contributed by atoms with Crippen molar-refractivity contribution >= 4 is 5.91 Å². The van der Waals surface area contributed by atoms with Crippen molar-refractivity contribution in [2.75, 3.05) is 6.61 Å². The molecule has 2 atom stereocenters. The second-order valence-corrected chi connectivity index (χ2v) is 13.3. The molecule has 0 bridgehead atoms. The van der Waals surface area contributed by atoms with Crippen LogP contribution in [0, 0.1) is 0 Å². The van der Waals surface area contributed by atoms with E-state index in [9.17, 15) is 15.0 Å². The maximum Gasteiger partial charge on any atom is 0.220 e. The summed E-state index contributed by atoms with van der Waals surface area (Å²) in [6, 6.07) is -0.645. The minimum Gasteiger partial charge on any atom is -0.394 e. The molecule has 0 rings (SSSR count). The molecular formula is C46H77NO3. The molecule has 284 valence electrons. The van der Waals surface area contributed by atoms with E-state index in [1.54, 1.807) is 6.08 Å². The first-order chi connectivity index (χ1) is 24.7. The van der Waals surface area contributed by atoms with Gasteiger partial charge in [-0.25, -0.2) is 0 Å². The van der Waals surface area contributed by atoms with Gasteiger partial charge in [0.25, 0.3) is 0 Å². The van der Waals surface area contributed by atoms with Gasteiger partial charge in [0, 0.05) is 6.42 Å². The molecule has 0 heterocycles. The van der Waals surface area contributed by atoms with Crippen molar-refractivity contribution in [2.45, 2.75) is 180 Å². The normalized spacial score (nSPS) is 14.1. The fourth-order valence-corrected chi connectivity index (χ4v) is 5.45. The average molecular weight is 692 g/mol. The second kappa shape index (κ2) is 40.7. The average Bonchev–Trinajstić information content (AvgIpc) is 3.12. The van der Waals surface area contributed by atoms with Crippen molar-refractivity contribution < 1.29 is 15.0 Å². The highest BCUT2D eigenvalue weighted by Gasteiger charge is 2.17. The molecular weight excluding hydrogens is 615 g/mol. The lowest BCUT2D eigenvalue weighted by Crippen LogP contribution is -2.45. The van der Waals surface area contributed by atoms with Crippen LogP contribution in [-0.2, 0) is 4.79 Å². The Bertz CT molecular complexity index is 968. The number of unbranched alkanes of at least 4 members (excludes halogenated alkanes) is 14. The van der Waals surface area contributed by atoms with E-state index in [1.165, 1.54) is 64.2 Å². The van der Waals surface area contributed by atoms with Crippen molar-refractivity contribution in [3.05, 3.63) is 97.2 Å². The number of aliphatic hydroxyl groups is 2. The maximum absolute atomic E-state index is 12.3. The second-order valence-electron chi connectivity index (χ2n) is 13.3. The fraction of sp³-hybridized carbons (Fsp3) is 0.630. The van der Waals surface area contributed by atoms with Gasteiger partial charge in [0.05, 0.1) is 18.8 Å². The van der Waals surface area contributed by atoms with Crippen molar-refractivity contribution in [1.29, 1.82) is 0 Å². The SMILES string of the molecule is CC/C=C\C/C=C\C/C=C\C/C=C\C/C=C\C/C=C\C/C=C\CCCCCC(=O)NC(CO)C(O)/C=C/CCCCCCCCCCCCC. The Kier molecular flexibility index (Phi) is 38.5. The van der Waals surface area contributed by atoms with Crippen molar-refractivity contribution in [3.8, 4) is 0 Å². The monoisotopic (exact) mass is 692 g/mol. The number of allylic oxidation sites excluding steroid dienone is 15. The summed E-state index contributed by atoms with van der Waals surface area (Å²) in [5, 5.41) is 22.9. The van der Waals surface area contributed by atoms with E-state index in [0.717, 1.165) is 83.5 Å². The molecule has 0 aromatic rings. The Balaban J connectivity index is 3.75. The molecule has 3 N–H and O–H groups in total. The summed E-state index contributed by atoms with van der Waals surface area (Å²) in [5.74, 6) is -0.102. The third-order valence-electron chi connectivity index (χ3n) is 8.57. The topological polar surface area (TPSA) is 69.6 Å². The van der Waals surface area contributed by atoms with Gasteiger partial charge in [-0.2, -0.15) is 0 Å². The zero-order valence-electron chi connectivity index (χ0n) is 32.4. The van der Waals surface area contributed by atoms with E-state index in [0.29, 0.717) is 6.42 Å². The van der Waals surface area contributed by atoms with Crippen LogP contribution in [0.1, 0.15) is 168 Å². The van der Waals surface area contributed by atoms with Crippen LogP contribution >= 0.6 is 0 Å². The van der Waals surface area contributed by atoms with Gasteiger partial charge >= 0.3 is 0 Å². The summed E-state index contributed by atoms with van der Waals surface area (Å²) in [7, 11) is 0. The molecule has 0 aliphatic rings. The Morgan fingerprint density at radius 2 is 0.880 bits per heavy atom. The van der Waals surface area contributed by atoms with Crippen LogP contribution in [-0.4, -0.2) is 34.9 Å². The van der Waals surface area contributed by atoms with E-state index >= 15 is 0 Å². The first-order valence-corrected chi connectivity index (χ1v) is 20.5. The van der Waals surface area contributed by atoms with Crippen LogP contribution < -0.4 is 5.32 Å². The highest BCUT2D eigenvalue weighted by Crippen LogP contribution is 2.12. The van der Waals surface area contributed by atoms with Gasteiger partial charge in [-0.05, 0) is 77.0 Å². The van der Waals surface area contributed by atoms with Crippen LogP contribution in [0.3, 0.4) is 0 Å². The molecule has 0 aromatic carbocycles. The molecule has 4 nitrogen and oxygen atoms in total. The number of rotatable bonds is 35. The zero-order valence-corrected chi connectivity index (χ0v) is 32.4. The van der Waals surface area contributed by atoms with Gasteiger partial charge in [-0.15, -0.1) is 0 Å². The van der Waals surface area contributed by atoms with Crippen LogP contribution in [0.15, 0.2) is 97.2 Å². The van der Waals surface area contributed by atoms with Gasteiger partial charge in [0.15, 0.2) is 0 Å². The van der Waals surface area contributed by atoms with Gasteiger partial charge in [0.2, 0.25) is 5.91 Å². The summed E-state index contributed by atoms with van der Waals surface area (Å²) < 4.78 is 0. The van der Waals surface area contributed by atoms with Gasteiger partial charge in [-0.1, -0.05) is 182 Å². The standard InChI is InChI=1S/C46H77NO3/c1-3-5-7-9-11-13-15-17-18-19-20-21-22-23-24-25-26-27-28-30-32-34-36-38-40-42-46(50)47-44(43-48)45(49)41-39-37-35-33-31-29-16-14-12-10-8-6-4-2/h5,7,11,13,17-18,20-21,23-24,26-27,30,32,39,41,44-45,48-49H,3-4,6,8-10,12,14-16,19,22,25,28-29,31,33-38,40,42-43H2,1-2H3,(H,47,50)/b7-5-,13-11-,18-17-,21-20-,24-23-,27-26-,32-30-,41-39+. The maximum atomic E-state index is 12.3. The summed E-state index contributed by atoms with van der Waals surface area (Å²) in [4.78, 5) is 12.3. The lowest BCUT2D eigenvalue weighted by atomic mass is 10.0. The first kappa shape index (κ1) is 47.3. The molecule has 4 heteroatoms. The van der Waals surface area contributed by atoms with Crippen LogP contribution in [0.2, 0.25) is 0 Å². The number of hydrogen-bond donors (Lipinski definition) is 3. The largest absolute Gasteiger partial charge is 0.394 e. The number of carbonyl (C=O) groups excluding carboxylic acids is 1. The van der Waals surface area contributed by atoms with Crippen molar-refractivity contribution in [3.63, 3.8) is 0 Å². The third kappa shape index (κ3) is 36.6. The van der Waals surface area contributed by atoms with E-state index in [2.05, 4.69) is 104 Å². The number of aliphatic hydroxyl groups excluding tert-OH is 2. The fourth-order valence-electron chi connectivity index (χ4n) is 5.45. The van der Waals surface area contributed by atoms with Crippen LogP contribution in [0.25, 0.3) is 0 Å². The predicted octanol–water partition coefficient (Wildman–Crippen LogP) is 12.7. The molecule has 50 heavy (non-hydrogen) atoms. The quantitative estimate of drug-likeness (QED) is 0.0458. The van der Waals surface area contributed by atoms with Gasteiger partial charge in [0.1, 0.15) is 0 Å². The number of carbonyl (C=O) groups is 1. The first-order valence-electron chi connectivity index (χ1n) is 20.5. The molecule has 0 saturated heterocycles. The van der Waals surface area contributed by atoms with Crippen LogP contribution in [0.4, 0.5) is 0 Å². The minimum atomic E-state index is -0.858. The summed E-state index contributed by atoms with van der Waals surface area (Å²) in [6.07, 6.45) is 60.7. The summed E-state index contributed by atoms with van der Waals surface area (Å²) >= 11 is 0. The third-order valence-corrected chi connectivity index (χ3v) is 8.57. The minimum absolute atomic E-state index is 0.102. The predicted molar refractivity (Wildman–Crippen MR) is 220 cm³/mol. The van der Waals surface area contributed by atoms with Gasteiger partial charge in [-0.3, -0.25) is 4.79 Å². The Labute approximate surface area is 309 Å². The molecule has 0 aliphatic heterocycles. The van der Waals surface area contributed by atoms with Crippen molar-refractivity contribution in [2.24, 2.45) is 0 Å². The Hall–Kier alpha value is -2.69. The Morgan fingerprint density at radius 3 is 1.32 bits per heavy atom. The summed E-state index contributed by atoms with van der Waals surface area (Å²) in [6.45, 7) is 4.15. The lowest BCUT2D eigenvalue weighted by molar-refractivity contribution is -0.123. The van der Waals surface area contributed by atoms with Crippen molar-refractivity contribution in [1.82, 2.24) is 5.32 Å². The van der Waals surface area contributed by atoms with E-state index in [1.807, 2.05) is 6.08 Å². The molecule has 0 spiro atoms. The lowest BCUT2D eigenvalue weighted by Gasteiger charge is -2.19.